The molecule has 2 aromatic rings. The van der Waals surface area contributed by atoms with Crippen LogP contribution in [0.4, 0.5) is 14.5 Å². The van der Waals surface area contributed by atoms with E-state index in [0.29, 0.717) is 0 Å². The number of thioether (sulfide) groups is 1. The molecule has 0 spiro atoms. The highest BCUT2D eigenvalue weighted by molar-refractivity contribution is 7.98. The minimum absolute atomic E-state index is 0.112. The molecule has 0 aliphatic rings. The quantitative estimate of drug-likeness (QED) is 0.821. The summed E-state index contributed by atoms with van der Waals surface area (Å²) in [5, 5.41) is 3.82. The third-order valence-corrected chi connectivity index (χ3v) is 5.33. The Kier molecular flexibility index (Phi) is 4.98. The highest BCUT2D eigenvalue weighted by Gasteiger charge is 2.23. The van der Waals surface area contributed by atoms with Gasteiger partial charge < -0.3 is 0 Å². The molecule has 5 nitrogen and oxygen atoms in total. The van der Waals surface area contributed by atoms with Crippen molar-refractivity contribution in [3.05, 3.63) is 35.1 Å². The van der Waals surface area contributed by atoms with E-state index in [0.717, 1.165) is 9.58 Å². The predicted molar refractivity (Wildman–Crippen MR) is 82.2 cm³/mol. The van der Waals surface area contributed by atoms with Crippen LogP contribution in [-0.2, 0) is 17.1 Å². The average Bonchev–Trinajstić information content (AvgIpc) is 2.78. The molecule has 0 radical (unpaired) electrons. The van der Waals surface area contributed by atoms with Gasteiger partial charge in [0.15, 0.2) is 5.69 Å². The Labute approximate surface area is 135 Å². The number of benzene rings is 1. The van der Waals surface area contributed by atoms with Gasteiger partial charge in [-0.1, -0.05) is 11.6 Å². The number of nitrogens with one attached hydrogen (secondary N) is 1. The van der Waals surface area contributed by atoms with Crippen molar-refractivity contribution in [2.75, 3.05) is 11.0 Å². The fraction of sp³-hybridized carbons (Fsp3) is 0.250. The van der Waals surface area contributed by atoms with Crippen LogP contribution in [0.15, 0.2) is 34.2 Å². The van der Waals surface area contributed by atoms with Gasteiger partial charge in [0.1, 0.15) is 0 Å². The molecule has 2 rings (SSSR count). The molecule has 0 amide bonds. The number of anilines is 1. The Morgan fingerprint density at radius 2 is 2.09 bits per heavy atom. The highest BCUT2D eigenvalue weighted by atomic mass is 35.5. The first-order valence-corrected chi connectivity index (χ1v) is 9.01. The maximum atomic E-state index is 12.8. The van der Waals surface area contributed by atoms with Gasteiger partial charge >= 0.3 is 0 Å². The zero-order valence-corrected chi connectivity index (χ0v) is 13.9. The number of aromatic nitrogens is 2. The van der Waals surface area contributed by atoms with Crippen LogP contribution in [0.1, 0.15) is 12.1 Å². The highest BCUT2D eigenvalue weighted by Crippen LogP contribution is 2.30. The normalized spacial score (nSPS) is 11.9. The molecule has 0 bridgehead atoms. The molecule has 1 heterocycles. The van der Waals surface area contributed by atoms with E-state index in [4.69, 9.17) is 11.6 Å². The van der Waals surface area contributed by atoms with Crippen molar-refractivity contribution in [3.63, 3.8) is 0 Å². The fourth-order valence-corrected chi connectivity index (χ4v) is 3.78. The number of hydrogen-bond donors (Lipinski definition) is 1. The van der Waals surface area contributed by atoms with Gasteiger partial charge in [-0.3, -0.25) is 9.40 Å². The average molecular weight is 368 g/mol. The van der Waals surface area contributed by atoms with Gasteiger partial charge in [0, 0.05) is 18.1 Å². The molecule has 1 aromatic heterocycles. The summed E-state index contributed by atoms with van der Waals surface area (Å²) in [6, 6.07) is 4.19. The van der Waals surface area contributed by atoms with Crippen LogP contribution in [0.25, 0.3) is 0 Å². The van der Waals surface area contributed by atoms with Gasteiger partial charge in [-0.05, 0) is 24.5 Å². The van der Waals surface area contributed by atoms with Crippen molar-refractivity contribution in [2.45, 2.75) is 16.2 Å². The van der Waals surface area contributed by atoms with E-state index in [1.165, 1.54) is 37.1 Å². The van der Waals surface area contributed by atoms with Gasteiger partial charge in [0.25, 0.3) is 16.4 Å². The van der Waals surface area contributed by atoms with E-state index in [-0.39, 0.29) is 15.6 Å². The summed E-state index contributed by atoms with van der Waals surface area (Å²) in [4.78, 5) is 0.606. The molecule has 0 saturated heterocycles. The number of hydrogen-bond acceptors (Lipinski definition) is 4. The second kappa shape index (κ2) is 6.43. The molecule has 1 N–H and O–H groups in total. The number of nitrogens with zero attached hydrogens (tertiary/aromatic N) is 2. The van der Waals surface area contributed by atoms with Gasteiger partial charge in [-0.15, -0.1) is 11.8 Å². The summed E-state index contributed by atoms with van der Waals surface area (Å²) >= 11 is 7.34. The van der Waals surface area contributed by atoms with Crippen molar-refractivity contribution < 1.29 is 17.2 Å². The topological polar surface area (TPSA) is 64.0 Å². The van der Waals surface area contributed by atoms with Crippen LogP contribution in [0.2, 0.25) is 5.02 Å². The van der Waals surface area contributed by atoms with Gasteiger partial charge in [0.2, 0.25) is 0 Å². The molecular weight excluding hydrogens is 356 g/mol. The Balaban J connectivity index is 2.38. The van der Waals surface area contributed by atoms with E-state index in [1.54, 1.807) is 12.3 Å². The molecule has 0 atom stereocenters. The van der Waals surface area contributed by atoms with Crippen molar-refractivity contribution in [1.82, 2.24) is 9.78 Å². The maximum absolute atomic E-state index is 12.8. The molecule has 0 saturated carbocycles. The third kappa shape index (κ3) is 3.53. The molecule has 22 heavy (non-hydrogen) atoms. The summed E-state index contributed by atoms with van der Waals surface area (Å²) in [5.41, 5.74) is -0.888. The van der Waals surface area contributed by atoms with Crippen LogP contribution >= 0.6 is 23.4 Å². The summed E-state index contributed by atoms with van der Waals surface area (Å²) in [5.74, 6) is 0. The van der Waals surface area contributed by atoms with Gasteiger partial charge in [-0.2, -0.15) is 5.10 Å². The van der Waals surface area contributed by atoms with E-state index in [1.807, 2.05) is 0 Å². The second-order valence-electron chi connectivity index (χ2n) is 4.30. The maximum Gasteiger partial charge on any atom is 0.284 e. The second-order valence-corrected chi connectivity index (χ2v) is 7.24. The van der Waals surface area contributed by atoms with E-state index < -0.39 is 22.1 Å². The summed E-state index contributed by atoms with van der Waals surface area (Å²) in [6.45, 7) is 0. The standard InChI is InChI=1S/C12H12ClF2N3O2S2/c1-18-6-9(11(16-18)12(14)15)17-22(19,20)7-3-4-10(21-2)8(13)5-7/h3-6,12,17H,1-2H3. The number of alkyl halides is 2. The first-order chi connectivity index (χ1) is 10.2. The Hall–Kier alpha value is -1.32. The summed E-state index contributed by atoms with van der Waals surface area (Å²) in [7, 11) is -2.61. The Bertz CT molecular complexity index is 794. The van der Waals surface area contributed by atoms with E-state index >= 15 is 0 Å². The Morgan fingerprint density at radius 1 is 1.41 bits per heavy atom. The first-order valence-electron chi connectivity index (χ1n) is 5.92. The lowest BCUT2D eigenvalue weighted by atomic mass is 10.4. The molecule has 10 heteroatoms. The zero-order chi connectivity index (χ0) is 16.5. The van der Waals surface area contributed by atoms with Crippen molar-refractivity contribution in [2.24, 2.45) is 7.05 Å². The zero-order valence-electron chi connectivity index (χ0n) is 11.5. The Morgan fingerprint density at radius 3 is 2.64 bits per heavy atom. The molecule has 0 fully saturated rings. The minimum Gasteiger partial charge on any atom is -0.276 e. The van der Waals surface area contributed by atoms with Crippen LogP contribution in [0, 0.1) is 0 Å². The monoisotopic (exact) mass is 367 g/mol. The molecule has 0 aliphatic carbocycles. The predicted octanol–water partition coefficient (Wildman–Crippen LogP) is 3.53. The van der Waals surface area contributed by atoms with Gasteiger partial charge in [0.05, 0.1) is 15.6 Å². The van der Waals surface area contributed by atoms with Crippen molar-refractivity contribution in [1.29, 1.82) is 0 Å². The molecule has 0 aliphatic heterocycles. The van der Waals surface area contributed by atoms with Crippen LogP contribution in [0.5, 0.6) is 0 Å². The van der Waals surface area contributed by atoms with Gasteiger partial charge in [-0.25, -0.2) is 17.2 Å². The third-order valence-electron chi connectivity index (χ3n) is 2.74. The van der Waals surface area contributed by atoms with E-state index in [2.05, 4.69) is 9.82 Å². The number of sulfonamides is 1. The summed E-state index contributed by atoms with van der Waals surface area (Å²) < 4.78 is 53.5. The number of rotatable bonds is 5. The largest absolute Gasteiger partial charge is 0.284 e. The molecule has 0 unspecified atom stereocenters. The van der Waals surface area contributed by atoms with Crippen LogP contribution in [0.3, 0.4) is 0 Å². The van der Waals surface area contributed by atoms with E-state index in [9.17, 15) is 17.2 Å². The first kappa shape index (κ1) is 17.0. The summed E-state index contributed by atoms with van der Waals surface area (Å²) in [6.07, 6.45) is 0.0936. The van der Waals surface area contributed by atoms with Crippen molar-refractivity contribution in [3.8, 4) is 0 Å². The van der Waals surface area contributed by atoms with Crippen molar-refractivity contribution >= 4 is 39.1 Å². The van der Waals surface area contributed by atoms with Crippen LogP contribution < -0.4 is 4.72 Å². The lowest BCUT2D eigenvalue weighted by Crippen LogP contribution is -2.13. The lowest BCUT2D eigenvalue weighted by Gasteiger charge is -2.09. The lowest BCUT2D eigenvalue weighted by molar-refractivity contribution is 0.146. The SMILES string of the molecule is CSc1ccc(S(=O)(=O)Nc2cn(C)nc2C(F)F)cc1Cl. The number of halogens is 3. The number of aryl methyl sites for hydroxylation is 1. The smallest absolute Gasteiger partial charge is 0.276 e. The fourth-order valence-electron chi connectivity index (χ4n) is 1.76. The molecular formula is C12H12ClF2N3O2S2. The molecule has 120 valence electrons. The molecule has 1 aromatic carbocycles. The van der Waals surface area contributed by atoms with Crippen LogP contribution in [-0.4, -0.2) is 24.5 Å². The minimum atomic E-state index is -4.03.